The Bertz CT molecular complexity index is 1340. The van der Waals surface area contributed by atoms with Crippen molar-refractivity contribution in [2.24, 2.45) is 0 Å². The average molecular weight is 431 g/mol. The molecular weight excluding hydrogens is 406 g/mol. The number of H-pyrrole nitrogens is 1. The van der Waals surface area contributed by atoms with E-state index in [0.717, 1.165) is 16.5 Å². The second kappa shape index (κ2) is 9.05. The van der Waals surface area contributed by atoms with Crippen molar-refractivity contribution in [1.82, 2.24) is 25.2 Å². The summed E-state index contributed by atoms with van der Waals surface area (Å²) in [7, 11) is 0. The van der Waals surface area contributed by atoms with Gasteiger partial charge in [0.15, 0.2) is 0 Å². The molecular formula is C24H25N5O3. The second-order valence-electron chi connectivity index (χ2n) is 7.78. The molecule has 0 bridgehead atoms. The van der Waals surface area contributed by atoms with Gasteiger partial charge in [-0.05, 0) is 44.0 Å². The lowest BCUT2D eigenvalue weighted by atomic mass is 10.1. The Morgan fingerprint density at radius 1 is 1.03 bits per heavy atom. The van der Waals surface area contributed by atoms with Crippen LogP contribution in [0, 0.1) is 0 Å². The average Bonchev–Trinajstić information content (AvgIpc) is 3.22. The zero-order valence-corrected chi connectivity index (χ0v) is 18.0. The SMILES string of the molecule is C[C@H](NC(=O)[C@H](C)n1cnc2ccccc2c1=O)C(=O)NCCc1c[nH]c2ccccc12. The topological polar surface area (TPSA) is 109 Å². The van der Waals surface area contributed by atoms with E-state index in [4.69, 9.17) is 0 Å². The van der Waals surface area contributed by atoms with Crippen LogP contribution in [-0.2, 0) is 16.0 Å². The molecule has 0 saturated heterocycles. The van der Waals surface area contributed by atoms with Gasteiger partial charge in [-0.3, -0.25) is 19.0 Å². The molecule has 2 amide bonds. The Morgan fingerprint density at radius 2 is 1.75 bits per heavy atom. The van der Waals surface area contributed by atoms with Crippen molar-refractivity contribution in [3.8, 4) is 0 Å². The summed E-state index contributed by atoms with van der Waals surface area (Å²) in [4.78, 5) is 45.3. The van der Waals surface area contributed by atoms with Gasteiger partial charge < -0.3 is 15.6 Å². The van der Waals surface area contributed by atoms with E-state index in [2.05, 4.69) is 20.6 Å². The molecule has 0 aliphatic heterocycles. The molecule has 0 aliphatic rings. The lowest BCUT2D eigenvalue weighted by Crippen LogP contribution is -2.47. The summed E-state index contributed by atoms with van der Waals surface area (Å²) in [6.07, 6.45) is 3.98. The highest BCUT2D eigenvalue weighted by molar-refractivity contribution is 5.89. The predicted molar refractivity (Wildman–Crippen MR) is 123 cm³/mol. The molecule has 0 fully saturated rings. The standard InChI is InChI=1S/C24H25N5O3/c1-15(22(30)25-12-11-17-13-26-20-9-5-3-7-18(17)20)28-23(31)16(2)29-14-27-21-10-6-4-8-19(21)24(29)32/h3-10,13-16,26H,11-12H2,1-2H3,(H,25,30)(H,28,31)/t15-,16-/m0/s1. The lowest BCUT2D eigenvalue weighted by molar-refractivity contribution is -0.130. The number of aromatic amines is 1. The maximum absolute atomic E-state index is 12.7. The van der Waals surface area contributed by atoms with Gasteiger partial charge in [-0.1, -0.05) is 30.3 Å². The van der Waals surface area contributed by atoms with Crippen molar-refractivity contribution in [1.29, 1.82) is 0 Å². The van der Waals surface area contributed by atoms with Gasteiger partial charge in [0.1, 0.15) is 12.1 Å². The van der Waals surface area contributed by atoms with E-state index in [9.17, 15) is 14.4 Å². The van der Waals surface area contributed by atoms with Gasteiger partial charge in [-0.2, -0.15) is 0 Å². The van der Waals surface area contributed by atoms with Crippen molar-refractivity contribution in [3.63, 3.8) is 0 Å². The first-order valence-corrected chi connectivity index (χ1v) is 10.5. The van der Waals surface area contributed by atoms with Crippen molar-refractivity contribution in [3.05, 3.63) is 77.0 Å². The van der Waals surface area contributed by atoms with Crippen LogP contribution in [-0.4, -0.2) is 38.9 Å². The molecule has 0 aliphatic carbocycles. The predicted octanol–water partition coefficient (Wildman–Crippen LogP) is 2.30. The van der Waals surface area contributed by atoms with Crippen LogP contribution in [0.1, 0.15) is 25.5 Å². The van der Waals surface area contributed by atoms with Crippen LogP contribution >= 0.6 is 0 Å². The normalized spacial score (nSPS) is 13.1. The van der Waals surface area contributed by atoms with Crippen molar-refractivity contribution in [2.75, 3.05) is 6.54 Å². The van der Waals surface area contributed by atoms with E-state index in [-0.39, 0.29) is 11.5 Å². The summed E-state index contributed by atoms with van der Waals surface area (Å²) in [5.74, 6) is -0.710. The molecule has 32 heavy (non-hydrogen) atoms. The number of carbonyl (C=O) groups is 2. The molecule has 0 unspecified atom stereocenters. The molecule has 2 atom stereocenters. The highest BCUT2D eigenvalue weighted by Crippen LogP contribution is 2.17. The molecule has 2 aromatic carbocycles. The first-order valence-electron chi connectivity index (χ1n) is 10.5. The van der Waals surface area contributed by atoms with Crippen LogP contribution in [0.4, 0.5) is 0 Å². The fourth-order valence-corrected chi connectivity index (χ4v) is 3.70. The van der Waals surface area contributed by atoms with E-state index >= 15 is 0 Å². The summed E-state index contributed by atoms with van der Waals surface area (Å²) in [6.45, 7) is 3.67. The zero-order valence-electron chi connectivity index (χ0n) is 18.0. The minimum absolute atomic E-state index is 0.283. The van der Waals surface area contributed by atoms with E-state index in [0.29, 0.717) is 23.9 Å². The van der Waals surface area contributed by atoms with Gasteiger partial charge >= 0.3 is 0 Å². The number of fused-ring (bicyclic) bond motifs is 2. The van der Waals surface area contributed by atoms with Gasteiger partial charge in [-0.25, -0.2) is 4.98 Å². The Morgan fingerprint density at radius 3 is 2.56 bits per heavy atom. The number of para-hydroxylation sites is 2. The number of nitrogens with zero attached hydrogens (tertiary/aromatic N) is 2. The van der Waals surface area contributed by atoms with E-state index in [1.165, 1.54) is 10.9 Å². The Kier molecular flexibility index (Phi) is 6.02. The van der Waals surface area contributed by atoms with E-state index in [1.54, 1.807) is 38.1 Å². The molecule has 4 aromatic rings. The molecule has 8 heteroatoms. The van der Waals surface area contributed by atoms with Crippen molar-refractivity contribution < 1.29 is 9.59 Å². The molecule has 0 saturated carbocycles. The third kappa shape index (κ3) is 4.25. The van der Waals surface area contributed by atoms with Gasteiger partial charge in [0.05, 0.1) is 17.2 Å². The van der Waals surface area contributed by atoms with Crippen LogP contribution in [0.15, 0.2) is 65.8 Å². The first-order chi connectivity index (χ1) is 15.5. The Labute approximate surface area is 184 Å². The fraction of sp³-hybridized carbons (Fsp3) is 0.250. The van der Waals surface area contributed by atoms with Crippen LogP contribution in [0.2, 0.25) is 0 Å². The number of amides is 2. The number of hydrogen-bond acceptors (Lipinski definition) is 4. The minimum Gasteiger partial charge on any atom is -0.361 e. The molecule has 2 heterocycles. The van der Waals surface area contributed by atoms with Crippen molar-refractivity contribution >= 4 is 33.6 Å². The van der Waals surface area contributed by atoms with Gasteiger partial charge in [-0.15, -0.1) is 0 Å². The zero-order chi connectivity index (χ0) is 22.7. The maximum atomic E-state index is 12.7. The Hall–Kier alpha value is -3.94. The van der Waals surface area contributed by atoms with Gasteiger partial charge in [0.25, 0.3) is 5.56 Å². The summed E-state index contributed by atoms with van der Waals surface area (Å²) < 4.78 is 1.28. The number of rotatable bonds is 7. The maximum Gasteiger partial charge on any atom is 0.261 e. The third-order valence-electron chi connectivity index (χ3n) is 5.61. The smallest absolute Gasteiger partial charge is 0.261 e. The van der Waals surface area contributed by atoms with E-state index in [1.807, 2.05) is 30.5 Å². The summed E-state index contributed by atoms with van der Waals surface area (Å²) in [6, 6.07) is 13.4. The Balaban J connectivity index is 1.34. The number of carbonyl (C=O) groups excluding carboxylic acids is 2. The molecule has 8 nitrogen and oxygen atoms in total. The quantitative estimate of drug-likeness (QED) is 0.417. The van der Waals surface area contributed by atoms with Gasteiger partial charge in [0, 0.05) is 23.6 Å². The lowest BCUT2D eigenvalue weighted by Gasteiger charge is -2.19. The van der Waals surface area contributed by atoms with Crippen LogP contribution in [0.5, 0.6) is 0 Å². The monoisotopic (exact) mass is 431 g/mol. The van der Waals surface area contributed by atoms with Gasteiger partial charge in [0.2, 0.25) is 11.8 Å². The second-order valence-corrected chi connectivity index (χ2v) is 7.78. The largest absolute Gasteiger partial charge is 0.361 e. The number of aromatic nitrogens is 3. The molecule has 2 aromatic heterocycles. The first kappa shape index (κ1) is 21.3. The molecule has 0 spiro atoms. The highest BCUT2D eigenvalue weighted by atomic mass is 16.2. The number of nitrogens with one attached hydrogen (secondary N) is 3. The minimum atomic E-state index is -0.805. The fourth-order valence-electron chi connectivity index (χ4n) is 3.70. The van der Waals surface area contributed by atoms with Crippen LogP contribution < -0.4 is 16.2 Å². The van der Waals surface area contributed by atoms with Crippen LogP contribution in [0.3, 0.4) is 0 Å². The molecule has 164 valence electrons. The number of benzene rings is 2. The summed E-state index contributed by atoms with van der Waals surface area (Å²) >= 11 is 0. The van der Waals surface area contributed by atoms with Crippen LogP contribution in [0.25, 0.3) is 21.8 Å². The summed E-state index contributed by atoms with van der Waals surface area (Å²) in [5, 5.41) is 7.11. The molecule has 0 radical (unpaired) electrons. The summed E-state index contributed by atoms with van der Waals surface area (Å²) in [5.41, 5.74) is 2.45. The van der Waals surface area contributed by atoms with E-state index < -0.39 is 18.0 Å². The molecule has 3 N–H and O–H groups in total. The third-order valence-corrected chi connectivity index (χ3v) is 5.61. The molecule has 4 rings (SSSR count). The van der Waals surface area contributed by atoms with Crippen molar-refractivity contribution in [2.45, 2.75) is 32.4 Å². The highest BCUT2D eigenvalue weighted by Gasteiger charge is 2.22. The number of hydrogen-bond donors (Lipinski definition) is 3.